The van der Waals surface area contributed by atoms with Gasteiger partial charge in [-0.2, -0.15) is 0 Å². The molecule has 0 radical (unpaired) electrons. The zero-order valence-electron chi connectivity index (χ0n) is 16.0. The van der Waals surface area contributed by atoms with E-state index in [1.165, 1.54) is 35.1 Å². The van der Waals surface area contributed by atoms with Gasteiger partial charge in [-0.1, -0.05) is 0 Å². The van der Waals surface area contributed by atoms with Crippen molar-refractivity contribution in [3.05, 3.63) is 16.3 Å². The average Bonchev–Trinajstić information content (AvgIpc) is 2.98. The van der Waals surface area contributed by atoms with Crippen LogP contribution in [-0.4, -0.2) is 35.0 Å². The van der Waals surface area contributed by atoms with E-state index in [1.54, 1.807) is 0 Å². The Labute approximate surface area is 159 Å². The number of carbonyl (C=O) groups is 1. The van der Waals surface area contributed by atoms with Gasteiger partial charge in [-0.05, 0) is 64.9 Å². The Balaban J connectivity index is 1.60. The minimum absolute atomic E-state index is 0.128. The Bertz CT molecular complexity index is 821. The Morgan fingerprint density at radius 2 is 1.92 bits per heavy atom. The highest BCUT2D eigenvalue weighted by Gasteiger charge is 2.29. The van der Waals surface area contributed by atoms with E-state index in [0.29, 0.717) is 0 Å². The lowest BCUT2D eigenvalue weighted by Gasteiger charge is -2.33. The summed E-state index contributed by atoms with van der Waals surface area (Å²) in [5.41, 5.74) is 1.49. The number of hydrogen-bond acceptors (Lipinski definition) is 5. The lowest BCUT2D eigenvalue weighted by molar-refractivity contribution is -0.126. The number of carbonyl (C=O) groups excluding carboxylic acids is 1. The second-order valence-electron chi connectivity index (χ2n) is 7.91. The fourth-order valence-electron chi connectivity index (χ4n) is 4.23. The number of fused-ring (bicyclic) bond motifs is 3. The van der Waals surface area contributed by atoms with Crippen molar-refractivity contribution in [3.8, 4) is 0 Å². The quantitative estimate of drug-likeness (QED) is 0.894. The molecule has 1 N–H and O–H groups in total. The molecular formula is C20H28N4OS. The van der Waals surface area contributed by atoms with Crippen LogP contribution in [0, 0.1) is 12.8 Å². The number of nitrogens with one attached hydrogen (secondary N) is 1. The van der Waals surface area contributed by atoms with Crippen LogP contribution in [0.25, 0.3) is 10.2 Å². The molecule has 1 amide bonds. The monoisotopic (exact) mass is 372 g/mol. The van der Waals surface area contributed by atoms with Gasteiger partial charge in [0, 0.05) is 29.9 Å². The van der Waals surface area contributed by atoms with Crippen molar-refractivity contribution in [1.82, 2.24) is 15.3 Å². The third-order valence-electron chi connectivity index (χ3n) is 5.50. The molecule has 2 aliphatic rings. The fourth-order valence-corrected chi connectivity index (χ4v) is 5.53. The van der Waals surface area contributed by atoms with Gasteiger partial charge >= 0.3 is 0 Å². The van der Waals surface area contributed by atoms with Crippen LogP contribution in [0.3, 0.4) is 0 Å². The zero-order chi connectivity index (χ0) is 18.3. The normalized spacial score (nSPS) is 18.4. The van der Waals surface area contributed by atoms with Crippen molar-refractivity contribution in [2.24, 2.45) is 5.92 Å². The molecule has 0 bridgehead atoms. The first-order chi connectivity index (χ1) is 12.5. The third kappa shape index (κ3) is 3.31. The van der Waals surface area contributed by atoms with E-state index < -0.39 is 0 Å². The van der Waals surface area contributed by atoms with Crippen LogP contribution >= 0.6 is 11.3 Å². The predicted molar refractivity (Wildman–Crippen MR) is 107 cm³/mol. The van der Waals surface area contributed by atoms with E-state index in [9.17, 15) is 4.79 Å². The number of thiophene rings is 1. The van der Waals surface area contributed by atoms with Gasteiger partial charge in [-0.25, -0.2) is 9.97 Å². The molecule has 0 saturated carbocycles. The van der Waals surface area contributed by atoms with Crippen molar-refractivity contribution in [2.45, 2.75) is 65.3 Å². The SMILES string of the molecule is Cc1nc(N2CCC(C(=O)NC(C)C)CC2)c2c3c(sc2n1)CCCC3. The van der Waals surface area contributed by atoms with Crippen LogP contribution in [0.1, 0.15) is 55.8 Å². The van der Waals surface area contributed by atoms with Crippen LogP contribution in [0.4, 0.5) is 5.82 Å². The standard InChI is InChI=1S/C20H28N4OS/c1-12(2)21-19(25)14-8-10-24(11-9-14)18-17-15-6-4-5-7-16(15)26-20(17)23-13(3)22-18/h12,14H,4-11H2,1-3H3,(H,21,25). The van der Waals surface area contributed by atoms with E-state index in [2.05, 4.69) is 10.2 Å². The maximum Gasteiger partial charge on any atom is 0.223 e. The summed E-state index contributed by atoms with van der Waals surface area (Å²) in [4.78, 5) is 26.9. The Morgan fingerprint density at radius 3 is 2.65 bits per heavy atom. The molecule has 4 rings (SSSR count). The van der Waals surface area contributed by atoms with Gasteiger partial charge in [0.25, 0.3) is 0 Å². The number of nitrogens with zero attached hydrogens (tertiary/aromatic N) is 3. The summed E-state index contributed by atoms with van der Waals surface area (Å²) in [6, 6.07) is 0.210. The Kier molecular flexibility index (Phi) is 4.86. The molecule has 0 aromatic carbocycles. The van der Waals surface area contributed by atoms with Crippen LogP contribution in [0.15, 0.2) is 0 Å². The summed E-state index contributed by atoms with van der Waals surface area (Å²) < 4.78 is 0. The Hall–Kier alpha value is -1.69. The van der Waals surface area contributed by atoms with E-state index in [1.807, 2.05) is 32.1 Å². The summed E-state index contributed by atoms with van der Waals surface area (Å²) in [5.74, 6) is 2.29. The second-order valence-corrected chi connectivity index (χ2v) is 8.99. The number of aromatic nitrogens is 2. The first-order valence-corrected chi connectivity index (χ1v) is 10.7. The number of rotatable bonds is 3. The molecule has 1 aliphatic heterocycles. The van der Waals surface area contributed by atoms with E-state index in [0.717, 1.165) is 48.8 Å². The Morgan fingerprint density at radius 1 is 1.19 bits per heavy atom. The van der Waals surface area contributed by atoms with Crippen molar-refractivity contribution in [1.29, 1.82) is 0 Å². The van der Waals surface area contributed by atoms with Crippen LogP contribution < -0.4 is 10.2 Å². The lowest BCUT2D eigenvalue weighted by atomic mass is 9.94. The molecule has 1 saturated heterocycles. The zero-order valence-corrected chi connectivity index (χ0v) is 16.8. The highest BCUT2D eigenvalue weighted by molar-refractivity contribution is 7.19. The molecular weight excluding hydrogens is 344 g/mol. The first kappa shape index (κ1) is 17.7. The van der Waals surface area contributed by atoms with Gasteiger partial charge in [0.2, 0.25) is 5.91 Å². The van der Waals surface area contributed by atoms with Gasteiger partial charge in [-0.15, -0.1) is 11.3 Å². The number of piperidine rings is 1. The molecule has 1 aliphatic carbocycles. The number of aryl methyl sites for hydroxylation is 3. The predicted octanol–water partition coefficient (Wildman–Crippen LogP) is 3.62. The molecule has 140 valence electrons. The van der Waals surface area contributed by atoms with Crippen molar-refractivity contribution < 1.29 is 4.79 Å². The van der Waals surface area contributed by atoms with Crippen molar-refractivity contribution in [3.63, 3.8) is 0 Å². The van der Waals surface area contributed by atoms with Gasteiger partial charge < -0.3 is 10.2 Å². The minimum atomic E-state index is 0.128. The van der Waals surface area contributed by atoms with Gasteiger partial charge in [0.05, 0.1) is 5.39 Å². The second kappa shape index (κ2) is 7.14. The molecule has 1 fully saturated rings. The highest BCUT2D eigenvalue weighted by Crippen LogP contribution is 2.40. The van der Waals surface area contributed by atoms with Gasteiger partial charge in [-0.3, -0.25) is 4.79 Å². The highest BCUT2D eigenvalue weighted by atomic mass is 32.1. The lowest BCUT2D eigenvalue weighted by Crippen LogP contribution is -2.42. The van der Waals surface area contributed by atoms with Crippen molar-refractivity contribution in [2.75, 3.05) is 18.0 Å². The number of hydrogen-bond donors (Lipinski definition) is 1. The van der Waals surface area contributed by atoms with E-state index in [-0.39, 0.29) is 17.9 Å². The summed E-state index contributed by atoms with van der Waals surface area (Å²) in [6.07, 6.45) is 6.70. The van der Waals surface area contributed by atoms with Crippen LogP contribution in [-0.2, 0) is 17.6 Å². The molecule has 3 heterocycles. The fraction of sp³-hybridized carbons (Fsp3) is 0.650. The maximum atomic E-state index is 12.3. The number of anilines is 1. The van der Waals surface area contributed by atoms with E-state index >= 15 is 0 Å². The molecule has 2 aromatic rings. The summed E-state index contributed by atoms with van der Waals surface area (Å²) in [6.45, 7) is 7.82. The molecule has 6 heteroatoms. The topological polar surface area (TPSA) is 58.1 Å². The number of amides is 1. The molecule has 0 unspecified atom stereocenters. The first-order valence-electron chi connectivity index (χ1n) is 9.87. The van der Waals surface area contributed by atoms with E-state index in [4.69, 9.17) is 9.97 Å². The molecule has 5 nitrogen and oxygen atoms in total. The minimum Gasteiger partial charge on any atom is -0.356 e. The molecule has 2 aromatic heterocycles. The molecule has 26 heavy (non-hydrogen) atoms. The van der Waals surface area contributed by atoms with Crippen molar-refractivity contribution >= 4 is 33.3 Å². The summed E-state index contributed by atoms with van der Waals surface area (Å²) >= 11 is 1.86. The van der Waals surface area contributed by atoms with Gasteiger partial charge in [0.15, 0.2) is 0 Å². The smallest absolute Gasteiger partial charge is 0.223 e. The third-order valence-corrected chi connectivity index (χ3v) is 6.69. The van der Waals surface area contributed by atoms with Gasteiger partial charge in [0.1, 0.15) is 16.5 Å². The molecule has 0 atom stereocenters. The maximum absolute atomic E-state index is 12.3. The van der Waals surface area contributed by atoms with Crippen LogP contribution in [0.5, 0.6) is 0 Å². The average molecular weight is 373 g/mol. The summed E-state index contributed by atoms with van der Waals surface area (Å²) in [5, 5.41) is 4.35. The largest absolute Gasteiger partial charge is 0.356 e. The molecule has 0 spiro atoms. The summed E-state index contributed by atoms with van der Waals surface area (Å²) in [7, 11) is 0. The van der Waals surface area contributed by atoms with Crippen LogP contribution in [0.2, 0.25) is 0 Å².